The molecule has 0 aliphatic heterocycles. The Kier molecular flexibility index (Phi) is 4.82. The van der Waals surface area contributed by atoms with Gasteiger partial charge in [0.2, 0.25) is 0 Å². The lowest BCUT2D eigenvalue weighted by Crippen LogP contribution is -2.41. The lowest BCUT2D eigenvalue weighted by atomic mass is 9.70. The lowest BCUT2D eigenvalue weighted by molar-refractivity contribution is -0.145. The Labute approximate surface area is 161 Å². The Morgan fingerprint density at radius 3 is 2.46 bits per heavy atom. The molecular formula is C18H21BrO6S. The molecule has 2 fully saturated rings. The summed E-state index contributed by atoms with van der Waals surface area (Å²) in [5.74, 6) is -1.85. The molecule has 0 saturated heterocycles. The molecule has 1 aromatic rings. The summed E-state index contributed by atoms with van der Waals surface area (Å²) in [6, 6.07) is 7.96. The number of Topliss-reactive ketones (excluding diaryl/α,β-unsaturated/α-hetero) is 1. The van der Waals surface area contributed by atoms with Crippen LogP contribution in [0.3, 0.4) is 0 Å². The third-order valence-corrected chi connectivity index (χ3v) is 8.72. The molecule has 2 saturated carbocycles. The maximum absolute atomic E-state index is 12.7. The van der Waals surface area contributed by atoms with Gasteiger partial charge in [0, 0.05) is 10.8 Å². The summed E-state index contributed by atoms with van der Waals surface area (Å²) in [6.45, 7) is 3.60. The third kappa shape index (κ3) is 2.92. The number of halogens is 1. The second kappa shape index (κ2) is 6.42. The van der Waals surface area contributed by atoms with Crippen LogP contribution in [-0.4, -0.2) is 35.9 Å². The van der Waals surface area contributed by atoms with Crippen LogP contribution in [0.2, 0.25) is 0 Å². The molecule has 0 aromatic heterocycles. The molecule has 0 heterocycles. The number of ketones is 1. The molecule has 6 nitrogen and oxygen atoms in total. The summed E-state index contributed by atoms with van der Waals surface area (Å²) in [7, 11) is -4.18. The van der Waals surface area contributed by atoms with Gasteiger partial charge >= 0.3 is 5.97 Å². The average molecular weight is 445 g/mol. The molecule has 2 bridgehead atoms. The van der Waals surface area contributed by atoms with Gasteiger partial charge in [-0.2, -0.15) is 8.42 Å². The fraction of sp³-hybridized carbons (Fsp3) is 0.556. The highest BCUT2D eigenvalue weighted by Crippen LogP contribution is 2.65. The number of carbonyl (C=O) groups excluding carboxylic acids is 1. The first-order valence-electron chi connectivity index (χ1n) is 8.39. The fourth-order valence-corrected chi connectivity index (χ4v) is 7.67. The topological polar surface area (TPSA) is 97.7 Å². The lowest BCUT2D eigenvalue weighted by Gasteiger charge is -2.36. The average Bonchev–Trinajstić information content (AvgIpc) is 2.89. The number of carboxylic acid groups (broad SMARTS) is 1. The van der Waals surface area contributed by atoms with Gasteiger partial charge in [-0.05, 0) is 24.3 Å². The van der Waals surface area contributed by atoms with Crippen molar-refractivity contribution >= 4 is 37.8 Å². The number of benzene rings is 1. The molecule has 2 aliphatic rings. The number of alkyl halides is 1. The predicted octanol–water partition coefficient (Wildman–Crippen LogP) is 2.93. The number of carboxylic acids is 1. The Hall–Kier alpha value is -1.25. The van der Waals surface area contributed by atoms with E-state index in [2.05, 4.69) is 15.9 Å². The van der Waals surface area contributed by atoms with E-state index < -0.39 is 33.0 Å². The zero-order valence-corrected chi connectivity index (χ0v) is 16.9. The Morgan fingerprint density at radius 2 is 1.96 bits per heavy atom. The SMILES string of the molecule is CC12CCC(C(Br)C1=O)C2(C)CS(=O)(=O)OC(C(=O)O)c1ccccc1. The summed E-state index contributed by atoms with van der Waals surface area (Å²) in [5, 5.41) is 9.42. The fourth-order valence-electron chi connectivity index (χ4n) is 4.50. The molecule has 5 atom stereocenters. The minimum absolute atomic E-state index is 0.0179. The molecule has 0 radical (unpaired) electrons. The first-order valence-corrected chi connectivity index (χ1v) is 10.9. The van der Waals surface area contributed by atoms with Crippen molar-refractivity contribution < 1.29 is 27.3 Å². The highest BCUT2D eigenvalue weighted by Gasteiger charge is 2.68. The van der Waals surface area contributed by atoms with Crippen LogP contribution in [0, 0.1) is 16.7 Å². The second-order valence-corrected chi connectivity index (χ2v) is 10.2. The number of fused-ring (bicyclic) bond motifs is 2. The van der Waals surface area contributed by atoms with Gasteiger partial charge in [0.1, 0.15) is 0 Å². The molecule has 26 heavy (non-hydrogen) atoms. The van der Waals surface area contributed by atoms with Crippen LogP contribution < -0.4 is 0 Å². The van der Waals surface area contributed by atoms with Crippen molar-refractivity contribution in [1.29, 1.82) is 0 Å². The molecule has 0 spiro atoms. The third-order valence-electron chi connectivity index (χ3n) is 6.23. The molecule has 1 aromatic carbocycles. The first-order chi connectivity index (χ1) is 12.0. The van der Waals surface area contributed by atoms with E-state index in [1.807, 2.05) is 0 Å². The van der Waals surface area contributed by atoms with Crippen molar-refractivity contribution in [3.8, 4) is 0 Å². The Balaban J connectivity index is 1.88. The number of rotatable bonds is 6. The van der Waals surface area contributed by atoms with Crippen LogP contribution in [0.5, 0.6) is 0 Å². The molecule has 0 amide bonds. The van der Waals surface area contributed by atoms with Crippen LogP contribution in [0.1, 0.15) is 38.4 Å². The van der Waals surface area contributed by atoms with E-state index in [0.29, 0.717) is 6.42 Å². The molecule has 1 N–H and O–H groups in total. The van der Waals surface area contributed by atoms with Gasteiger partial charge in [-0.25, -0.2) is 8.98 Å². The number of hydrogen-bond acceptors (Lipinski definition) is 5. The molecule has 8 heteroatoms. The van der Waals surface area contributed by atoms with Crippen molar-refractivity contribution in [2.75, 3.05) is 5.75 Å². The van der Waals surface area contributed by atoms with Crippen LogP contribution in [-0.2, 0) is 23.9 Å². The van der Waals surface area contributed by atoms with Crippen LogP contribution in [0.25, 0.3) is 0 Å². The zero-order chi connectivity index (χ0) is 19.3. The normalized spacial score (nSPS) is 34.8. The van der Waals surface area contributed by atoms with Gasteiger partial charge in [0.25, 0.3) is 10.1 Å². The van der Waals surface area contributed by atoms with E-state index in [9.17, 15) is 23.1 Å². The summed E-state index contributed by atoms with van der Waals surface area (Å²) in [5.41, 5.74) is -1.30. The summed E-state index contributed by atoms with van der Waals surface area (Å²) in [6.07, 6.45) is -0.219. The maximum Gasteiger partial charge on any atom is 0.339 e. The first kappa shape index (κ1) is 19.5. The van der Waals surface area contributed by atoms with Gasteiger partial charge in [-0.15, -0.1) is 0 Å². The van der Waals surface area contributed by atoms with E-state index >= 15 is 0 Å². The number of hydrogen-bond donors (Lipinski definition) is 1. The minimum Gasteiger partial charge on any atom is -0.479 e. The van der Waals surface area contributed by atoms with E-state index in [-0.39, 0.29) is 27.8 Å². The van der Waals surface area contributed by atoms with Crippen LogP contribution in [0.4, 0.5) is 0 Å². The molecule has 2 aliphatic carbocycles. The summed E-state index contributed by atoms with van der Waals surface area (Å²) < 4.78 is 30.6. The molecule has 5 unspecified atom stereocenters. The standard InChI is InChI=1S/C18H21BrO6S/c1-17-9-8-12(13(19)15(17)20)18(17,2)10-26(23,24)25-14(16(21)22)11-6-4-3-5-7-11/h3-7,12-14H,8-10H2,1-2H3,(H,21,22). The van der Waals surface area contributed by atoms with Gasteiger partial charge < -0.3 is 5.11 Å². The molecule has 3 rings (SSSR count). The van der Waals surface area contributed by atoms with E-state index in [1.165, 1.54) is 12.1 Å². The zero-order valence-electron chi connectivity index (χ0n) is 14.5. The number of aliphatic carboxylic acids is 1. The van der Waals surface area contributed by atoms with E-state index in [1.54, 1.807) is 32.0 Å². The van der Waals surface area contributed by atoms with Crippen molar-refractivity contribution in [3.63, 3.8) is 0 Å². The second-order valence-electron chi connectivity index (χ2n) is 7.59. The smallest absolute Gasteiger partial charge is 0.339 e. The van der Waals surface area contributed by atoms with Gasteiger partial charge in [-0.1, -0.05) is 60.1 Å². The molecular weight excluding hydrogens is 424 g/mol. The largest absolute Gasteiger partial charge is 0.479 e. The van der Waals surface area contributed by atoms with Crippen LogP contribution in [0.15, 0.2) is 30.3 Å². The highest BCUT2D eigenvalue weighted by molar-refractivity contribution is 9.10. The molecule has 142 valence electrons. The Bertz CT molecular complexity index is 838. The minimum atomic E-state index is -4.18. The van der Waals surface area contributed by atoms with Crippen molar-refractivity contribution in [2.45, 2.75) is 37.6 Å². The van der Waals surface area contributed by atoms with Crippen molar-refractivity contribution in [2.24, 2.45) is 16.7 Å². The summed E-state index contributed by atoms with van der Waals surface area (Å²) >= 11 is 3.41. The summed E-state index contributed by atoms with van der Waals surface area (Å²) in [4.78, 5) is 23.7. The van der Waals surface area contributed by atoms with Gasteiger partial charge in [-0.3, -0.25) is 4.79 Å². The van der Waals surface area contributed by atoms with Crippen LogP contribution >= 0.6 is 15.9 Å². The Morgan fingerprint density at radius 1 is 1.35 bits per heavy atom. The monoisotopic (exact) mass is 444 g/mol. The van der Waals surface area contributed by atoms with Gasteiger partial charge in [0.15, 0.2) is 11.9 Å². The maximum atomic E-state index is 12.7. The van der Waals surface area contributed by atoms with E-state index in [0.717, 1.165) is 6.42 Å². The van der Waals surface area contributed by atoms with Gasteiger partial charge in [0.05, 0.1) is 10.6 Å². The quantitative estimate of drug-likeness (QED) is 0.534. The van der Waals surface area contributed by atoms with E-state index in [4.69, 9.17) is 4.18 Å². The number of carbonyl (C=O) groups is 2. The van der Waals surface area contributed by atoms with Crippen molar-refractivity contribution in [1.82, 2.24) is 0 Å². The highest BCUT2D eigenvalue weighted by atomic mass is 79.9. The van der Waals surface area contributed by atoms with Crippen molar-refractivity contribution in [3.05, 3.63) is 35.9 Å². The predicted molar refractivity (Wildman–Crippen MR) is 98.4 cm³/mol.